The minimum atomic E-state index is -0.767. The predicted octanol–water partition coefficient (Wildman–Crippen LogP) is 2.99. The Bertz CT molecular complexity index is 937. The molecule has 7 nitrogen and oxygen atoms in total. The number of phenols is 1. The molecule has 154 valence electrons. The number of aliphatic hydroxyl groups excluding tert-OH is 1. The Morgan fingerprint density at radius 1 is 1.28 bits per heavy atom. The van der Waals surface area contributed by atoms with Crippen molar-refractivity contribution >= 4 is 23.0 Å². The number of aromatic hydroxyl groups is 1. The van der Waals surface area contributed by atoms with Crippen molar-refractivity contribution in [3.63, 3.8) is 0 Å². The SMILES string of the molecule is CCOc1cc(C2C(C(=O)c3cccs3)=C(O)C(=O)N2CCN(C)C)ccc1O. The number of carbonyl (C=O) groups excluding carboxylic acids is 2. The van der Waals surface area contributed by atoms with Crippen molar-refractivity contribution in [3.8, 4) is 11.5 Å². The van der Waals surface area contributed by atoms with Gasteiger partial charge in [0.05, 0.1) is 23.1 Å². The molecule has 0 aliphatic carbocycles. The first-order chi connectivity index (χ1) is 13.8. The van der Waals surface area contributed by atoms with E-state index in [1.165, 1.54) is 22.3 Å². The van der Waals surface area contributed by atoms with Crippen molar-refractivity contribution in [3.05, 3.63) is 57.5 Å². The Labute approximate surface area is 173 Å². The number of carbonyl (C=O) groups is 2. The number of hydrogen-bond donors (Lipinski definition) is 2. The molecule has 1 atom stereocenters. The van der Waals surface area contributed by atoms with Gasteiger partial charge < -0.3 is 24.7 Å². The van der Waals surface area contributed by atoms with Gasteiger partial charge in [-0.05, 0) is 50.2 Å². The highest BCUT2D eigenvalue weighted by Gasteiger charge is 2.44. The number of amides is 1. The van der Waals surface area contributed by atoms with Crippen LogP contribution in [0.15, 0.2) is 47.0 Å². The van der Waals surface area contributed by atoms with Crippen molar-refractivity contribution in [1.29, 1.82) is 0 Å². The van der Waals surface area contributed by atoms with Gasteiger partial charge in [-0.25, -0.2) is 0 Å². The van der Waals surface area contributed by atoms with Crippen LogP contribution in [0.2, 0.25) is 0 Å². The number of benzene rings is 1. The van der Waals surface area contributed by atoms with Crippen LogP contribution in [-0.4, -0.2) is 65.5 Å². The number of likely N-dealkylation sites (N-methyl/N-ethyl adjacent to an activating group) is 1. The number of aliphatic hydroxyl groups is 1. The molecule has 2 aromatic rings. The molecule has 0 saturated heterocycles. The molecule has 29 heavy (non-hydrogen) atoms. The fraction of sp³-hybridized carbons (Fsp3) is 0.333. The van der Waals surface area contributed by atoms with E-state index in [-0.39, 0.29) is 22.9 Å². The second kappa shape index (κ2) is 8.67. The van der Waals surface area contributed by atoms with E-state index >= 15 is 0 Å². The third-order valence-corrected chi connectivity index (χ3v) is 5.55. The van der Waals surface area contributed by atoms with Gasteiger partial charge in [-0.1, -0.05) is 12.1 Å². The first kappa shape index (κ1) is 20.9. The average molecular weight is 416 g/mol. The second-order valence-electron chi connectivity index (χ2n) is 6.93. The van der Waals surface area contributed by atoms with Crippen LogP contribution in [0.5, 0.6) is 11.5 Å². The Balaban J connectivity index is 2.09. The molecule has 1 aromatic heterocycles. The summed E-state index contributed by atoms with van der Waals surface area (Å²) in [5, 5.41) is 22.4. The standard InChI is InChI=1S/C21H24N2O5S/c1-4-28-15-12-13(7-8-14(15)24)18-17(19(25)16-6-5-11-29-16)20(26)21(27)23(18)10-9-22(2)3/h5-8,11-12,18,24,26H,4,9-10H2,1-3H3. The quantitative estimate of drug-likeness (QED) is 0.643. The van der Waals surface area contributed by atoms with E-state index in [0.29, 0.717) is 30.1 Å². The number of rotatable bonds is 8. The molecule has 2 heterocycles. The van der Waals surface area contributed by atoms with Gasteiger partial charge in [0.15, 0.2) is 17.3 Å². The first-order valence-corrected chi connectivity index (χ1v) is 10.2. The minimum absolute atomic E-state index is 0.0286. The van der Waals surface area contributed by atoms with Gasteiger partial charge in [0.1, 0.15) is 0 Å². The van der Waals surface area contributed by atoms with Crippen LogP contribution in [-0.2, 0) is 4.79 Å². The fourth-order valence-electron chi connectivity index (χ4n) is 3.28. The summed E-state index contributed by atoms with van der Waals surface area (Å²) in [7, 11) is 3.77. The van der Waals surface area contributed by atoms with Crippen LogP contribution in [0.3, 0.4) is 0 Å². The van der Waals surface area contributed by atoms with Gasteiger partial charge in [0.25, 0.3) is 5.91 Å². The summed E-state index contributed by atoms with van der Waals surface area (Å²) in [4.78, 5) is 29.8. The predicted molar refractivity (Wildman–Crippen MR) is 111 cm³/mol. The molecule has 1 amide bonds. The molecule has 0 spiro atoms. The largest absolute Gasteiger partial charge is 0.504 e. The molecule has 1 unspecified atom stereocenters. The van der Waals surface area contributed by atoms with Crippen LogP contribution in [0, 0.1) is 0 Å². The van der Waals surface area contributed by atoms with Crippen LogP contribution in [0.4, 0.5) is 0 Å². The molecule has 1 aliphatic heterocycles. The highest BCUT2D eigenvalue weighted by molar-refractivity contribution is 7.12. The van der Waals surface area contributed by atoms with Crippen LogP contribution >= 0.6 is 11.3 Å². The Morgan fingerprint density at radius 2 is 2.03 bits per heavy atom. The highest BCUT2D eigenvalue weighted by atomic mass is 32.1. The van der Waals surface area contributed by atoms with E-state index in [9.17, 15) is 19.8 Å². The van der Waals surface area contributed by atoms with Gasteiger partial charge >= 0.3 is 0 Å². The van der Waals surface area contributed by atoms with Crippen LogP contribution in [0.25, 0.3) is 0 Å². The summed E-state index contributed by atoms with van der Waals surface area (Å²) in [6.45, 7) is 3.04. The number of nitrogens with zero attached hydrogens (tertiary/aromatic N) is 2. The lowest BCUT2D eigenvalue weighted by Crippen LogP contribution is -2.36. The average Bonchev–Trinajstić information content (AvgIpc) is 3.30. The topological polar surface area (TPSA) is 90.3 Å². The number of Topliss-reactive ketones (excluding diaryl/α,β-unsaturated/α-hetero) is 1. The van der Waals surface area contributed by atoms with Gasteiger partial charge in [-0.3, -0.25) is 9.59 Å². The lowest BCUT2D eigenvalue weighted by molar-refractivity contribution is -0.129. The number of phenolic OH excluding ortho intramolecular Hbond substituents is 1. The summed E-state index contributed by atoms with van der Waals surface area (Å²) < 4.78 is 5.47. The fourth-order valence-corrected chi connectivity index (χ4v) is 3.96. The molecule has 1 aromatic carbocycles. The van der Waals surface area contributed by atoms with E-state index in [4.69, 9.17) is 4.74 Å². The third kappa shape index (κ3) is 4.13. The summed E-state index contributed by atoms with van der Waals surface area (Å²) in [5.74, 6) is -1.26. The van der Waals surface area contributed by atoms with Gasteiger partial charge in [-0.2, -0.15) is 0 Å². The van der Waals surface area contributed by atoms with Gasteiger partial charge in [0.2, 0.25) is 5.78 Å². The Morgan fingerprint density at radius 3 is 2.66 bits per heavy atom. The van der Waals surface area contributed by atoms with Crippen molar-refractivity contribution in [2.45, 2.75) is 13.0 Å². The molecule has 0 fully saturated rings. The summed E-state index contributed by atoms with van der Waals surface area (Å²) >= 11 is 1.25. The molecule has 0 saturated carbocycles. The second-order valence-corrected chi connectivity index (χ2v) is 7.88. The molecule has 1 aliphatic rings. The number of ketones is 1. The maximum Gasteiger partial charge on any atom is 0.290 e. The highest BCUT2D eigenvalue weighted by Crippen LogP contribution is 2.41. The molecule has 3 rings (SSSR count). The third-order valence-electron chi connectivity index (χ3n) is 4.68. The molecule has 2 N–H and O–H groups in total. The number of thiophene rings is 1. The molecule has 0 radical (unpaired) electrons. The lowest BCUT2D eigenvalue weighted by atomic mass is 9.95. The maximum atomic E-state index is 13.1. The van der Waals surface area contributed by atoms with E-state index in [2.05, 4.69) is 0 Å². The normalized spacial score (nSPS) is 16.8. The minimum Gasteiger partial charge on any atom is -0.504 e. The van der Waals surface area contributed by atoms with Crippen molar-refractivity contribution in [2.75, 3.05) is 33.8 Å². The van der Waals surface area contributed by atoms with Gasteiger partial charge in [0, 0.05) is 13.1 Å². The smallest absolute Gasteiger partial charge is 0.290 e. The maximum absolute atomic E-state index is 13.1. The molecular formula is C21H24N2O5S. The van der Waals surface area contributed by atoms with Crippen molar-refractivity contribution in [2.24, 2.45) is 0 Å². The first-order valence-electron chi connectivity index (χ1n) is 9.27. The molecular weight excluding hydrogens is 392 g/mol. The number of ether oxygens (including phenoxy) is 1. The van der Waals surface area contributed by atoms with Gasteiger partial charge in [-0.15, -0.1) is 11.3 Å². The lowest BCUT2D eigenvalue weighted by Gasteiger charge is -2.28. The molecule has 8 heteroatoms. The van der Waals surface area contributed by atoms with Crippen molar-refractivity contribution < 1.29 is 24.5 Å². The summed E-state index contributed by atoms with van der Waals surface area (Å²) in [6, 6.07) is 7.37. The van der Waals surface area contributed by atoms with Crippen molar-refractivity contribution in [1.82, 2.24) is 9.80 Å². The van der Waals surface area contributed by atoms with E-state index in [1.807, 2.05) is 19.0 Å². The zero-order valence-corrected chi connectivity index (χ0v) is 17.4. The Hall–Kier alpha value is -2.84. The zero-order chi connectivity index (χ0) is 21.1. The Kier molecular flexibility index (Phi) is 6.24. The summed E-state index contributed by atoms with van der Waals surface area (Å²) in [6.07, 6.45) is 0. The number of hydrogen-bond acceptors (Lipinski definition) is 7. The van der Waals surface area contributed by atoms with E-state index in [1.54, 1.807) is 36.6 Å². The summed E-state index contributed by atoms with van der Waals surface area (Å²) in [5.41, 5.74) is 0.631. The molecule has 0 bridgehead atoms. The zero-order valence-electron chi connectivity index (χ0n) is 16.6. The monoisotopic (exact) mass is 416 g/mol. The van der Waals surface area contributed by atoms with E-state index in [0.717, 1.165) is 0 Å². The van der Waals surface area contributed by atoms with Crippen LogP contribution in [0.1, 0.15) is 28.2 Å². The van der Waals surface area contributed by atoms with Crippen LogP contribution < -0.4 is 4.74 Å². The van der Waals surface area contributed by atoms with E-state index < -0.39 is 17.7 Å².